The lowest BCUT2D eigenvalue weighted by Gasteiger charge is -2.07. The Labute approximate surface area is 155 Å². The van der Waals surface area contributed by atoms with Crippen LogP contribution >= 0.6 is 11.6 Å². The molecule has 0 spiro atoms. The largest absolute Gasteiger partial charge is 0.493 e. The van der Waals surface area contributed by atoms with Crippen LogP contribution in [0.15, 0.2) is 53.3 Å². The molecule has 0 bridgehead atoms. The number of aromatic nitrogens is 2. The van der Waals surface area contributed by atoms with Crippen molar-refractivity contribution in [3.05, 3.63) is 65.1 Å². The summed E-state index contributed by atoms with van der Waals surface area (Å²) in [6.07, 6.45) is 3.80. The molecule has 7 heteroatoms. The summed E-state index contributed by atoms with van der Waals surface area (Å²) in [4.78, 5) is 16.4. The molecule has 0 saturated heterocycles. The predicted molar refractivity (Wildman–Crippen MR) is 96.3 cm³/mol. The second-order valence-corrected chi connectivity index (χ2v) is 5.93. The summed E-state index contributed by atoms with van der Waals surface area (Å²) in [6, 6.07) is 10.7. The average molecular weight is 373 g/mol. The van der Waals surface area contributed by atoms with E-state index in [1.54, 1.807) is 43.6 Å². The van der Waals surface area contributed by atoms with Gasteiger partial charge in [-0.3, -0.25) is 4.98 Å². The van der Waals surface area contributed by atoms with Gasteiger partial charge in [-0.1, -0.05) is 22.8 Å². The minimum Gasteiger partial charge on any atom is -0.493 e. The van der Waals surface area contributed by atoms with E-state index in [-0.39, 0.29) is 6.61 Å². The van der Waals surface area contributed by atoms with Gasteiger partial charge in [-0.05, 0) is 37.3 Å². The summed E-state index contributed by atoms with van der Waals surface area (Å²) in [6.45, 7) is 2.31. The van der Waals surface area contributed by atoms with E-state index in [1.165, 1.54) is 0 Å². The molecule has 0 aliphatic heterocycles. The van der Waals surface area contributed by atoms with Gasteiger partial charge in [-0.25, -0.2) is 4.79 Å². The Hall–Kier alpha value is -2.86. The van der Waals surface area contributed by atoms with Gasteiger partial charge >= 0.3 is 5.97 Å². The van der Waals surface area contributed by atoms with Crippen LogP contribution in [0.5, 0.6) is 5.75 Å². The van der Waals surface area contributed by atoms with Gasteiger partial charge < -0.3 is 14.0 Å². The zero-order chi connectivity index (χ0) is 18.4. The molecule has 3 aromatic rings. The number of hydrogen-bond acceptors (Lipinski definition) is 6. The van der Waals surface area contributed by atoms with Crippen LogP contribution in [0.25, 0.3) is 11.3 Å². The molecule has 0 fully saturated rings. The SMILES string of the molecule is Cc1onc(-c2ccncc2)c1C(=O)OCCCOc1cccc(Cl)c1. The normalized spacial score (nSPS) is 10.5. The number of nitrogens with zero attached hydrogens (tertiary/aromatic N) is 2. The first kappa shape index (κ1) is 17.9. The number of carbonyl (C=O) groups is 1. The lowest BCUT2D eigenvalue weighted by atomic mass is 10.1. The Balaban J connectivity index is 1.53. The number of benzene rings is 1. The van der Waals surface area contributed by atoms with E-state index in [1.807, 2.05) is 12.1 Å². The minimum atomic E-state index is -0.474. The van der Waals surface area contributed by atoms with Crippen LogP contribution in [-0.2, 0) is 4.74 Å². The quantitative estimate of drug-likeness (QED) is 0.454. The molecule has 0 amide bonds. The lowest BCUT2D eigenvalue weighted by Crippen LogP contribution is -2.10. The molecule has 3 rings (SSSR count). The third-order valence-corrected chi connectivity index (χ3v) is 3.84. The van der Waals surface area contributed by atoms with Crippen molar-refractivity contribution in [2.24, 2.45) is 0 Å². The fourth-order valence-corrected chi connectivity index (χ4v) is 2.54. The second-order valence-electron chi connectivity index (χ2n) is 5.49. The van der Waals surface area contributed by atoms with Gasteiger partial charge in [-0.2, -0.15) is 0 Å². The van der Waals surface area contributed by atoms with Crippen molar-refractivity contribution >= 4 is 17.6 Å². The van der Waals surface area contributed by atoms with Crippen LogP contribution in [0.2, 0.25) is 5.02 Å². The van der Waals surface area contributed by atoms with E-state index in [0.29, 0.717) is 40.8 Å². The van der Waals surface area contributed by atoms with Gasteiger partial charge in [0.15, 0.2) is 0 Å². The summed E-state index contributed by atoms with van der Waals surface area (Å²) in [5.41, 5.74) is 1.52. The first-order valence-electron chi connectivity index (χ1n) is 8.07. The highest BCUT2D eigenvalue weighted by Gasteiger charge is 2.22. The van der Waals surface area contributed by atoms with E-state index in [4.69, 9.17) is 25.6 Å². The molecular weight excluding hydrogens is 356 g/mol. The molecule has 2 aromatic heterocycles. The van der Waals surface area contributed by atoms with E-state index in [2.05, 4.69) is 10.1 Å². The Morgan fingerprint density at radius 1 is 1.19 bits per heavy atom. The topological polar surface area (TPSA) is 74.5 Å². The predicted octanol–water partition coefficient (Wildman–Crippen LogP) is 4.32. The maximum absolute atomic E-state index is 12.4. The first-order chi connectivity index (χ1) is 12.6. The van der Waals surface area contributed by atoms with Gasteiger partial charge in [0.1, 0.15) is 22.8 Å². The highest BCUT2D eigenvalue weighted by atomic mass is 35.5. The molecule has 0 aliphatic rings. The van der Waals surface area contributed by atoms with Crippen molar-refractivity contribution in [3.8, 4) is 17.0 Å². The van der Waals surface area contributed by atoms with E-state index in [9.17, 15) is 4.79 Å². The Bertz CT molecular complexity index is 880. The van der Waals surface area contributed by atoms with Gasteiger partial charge in [0.2, 0.25) is 0 Å². The smallest absolute Gasteiger partial charge is 0.344 e. The molecule has 0 atom stereocenters. The van der Waals surface area contributed by atoms with Gasteiger partial charge in [-0.15, -0.1) is 0 Å². The van der Waals surface area contributed by atoms with E-state index in [0.717, 1.165) is 5.56 Å². The maximum atomic E-state index is 12.4. The standard InChI is InChI=1S/C19H17ClN2O4/c1-13-17(18(22-26-13)14-6-8-21-9-7-14)19(23)25-11-3-10-24-16-5-2-4-15(20)12-16/h2,4-9,12H,3,10-11H2,1H3. The molecule has 1 aromatic carbocycles. The van der Waals surface area contributed by atoms with Gasteiger partial charge in [0.05, 0.1) is 13.2 Å². The van der Waals surface area contributed by atoms with Crippen molar-refractivity contribution in [1.29, 1.82) is 0 Å². The molecule has 26 heavy (non-hydrogen) atoms. The maximum Gasteiger partial charge on any atom is 0.344 e. The van der Waals surface area contributed by atoms with Crippen molar-refractivity contribution in [3.63, 3.8) is 0 Å². The Morgan fingerprint density at radius 3 is 2.77 bits per heavy atom. The summed E-state index contributed by atoms with van der Waals surface area (Å²) in [5, 5.41) is 4.57. The third-order valence-electron chi connectivity index (χ3n) is 3.61. The van der Waals surface area contributed by atoms with Crippen LogP contribution in [0.3, 0.4) is 0 Å². The number of rotatable bonds is 7. The van der Waals surface area contributed by atoms with Crippen LogP contribution in [-0.4, -0.2) is 29.3 Å². The van der Waals surface area contributed by atoms with Crippen molar-refractivity contribution < 1.29 is 18.8 Å². The molecule has 6 nitrogen and oxygen atoms in total. The Morgan fingerprint density at radius 2 is 2.00 bits per heavy atom. The monoisotopic (exact) mass is 372 g/mol. The van der Waals surface area contributed by atoms with Crippen LogP contribution < -0.4 is 4.74 Å². The summed E-state index contributed by atoms with van der Waals surface area (Å²) < 4.78 is 16.1. The molecule has 0 N–H and O–H groups in total. The number of hydrogen-bond donors (Lipinski definition) is 0. The summed E-state index contributed by atoms with van der Waals surface area (Å²) >= 11 is 5.90. The average Bonchev–Trinajstić information content (AvgIpc) is 3.04. The molecule has 0 radical (unpaired) electrons. The lowest BCUT2D eigenvalue weighted by molar-refractivity contribution is 0.0485. The number of ether oxygens (including phenoxy) is 2. The molecule has 0 saturated carbocycles. The fraction of sp³-hybridized carbons (Fsp3) is 0.211. The van der Waals surface area contributed by atoms with Crippen molar-refractivity contribution in [1.82, 2.24) is 10.1 Å². The molecule has 0 unspecified atom stereocenters. The molecule has 0 aliphatic carbocycles. The number of esters is 1. The van der Waals surface area contributed by atoms with E-state index < -0.39 is 5.97 Å². The van der Waals surface area contributed by atoms with E-state index >= 15 is 0 Å². The van der Waals surface area contributed by atoms with Crippen molar-refractivity contribution in [2.75, 3.05) is 13.2 Å². The molecule has 134 valence electrons. The zero-order valence-electron chi connectivity index (χ0n) is 14.1. The number of carbonyl (C=O) groups excluding carboxylic acids is 1. The number of aryl methyl sites for hydroxylation is 1. The first-order valence-corrected chi connectivity index (χ1v) is 8.45. The van der Waals surface area contributed by atoms with Crippen LogP contribution in [0, 0.1) is 6.92 Å². The van der Waals surface area contributed by atoms with Crippen LogP contribution in [0.1, 0.15) is 22.5 Å². The zero-order valence-corrected chi connectivity index (χ0v) is 14.9. The summed E-state index contributed by atoms with van der Waals surface area (Å²) in [5.74, 6) is 0.619. The second kappa shape index (κ2) is 8.49. The third kappa shape index (κ3) is 4.40. The van der Waals surface area contributed by atoms with Crippen molar-refractivity contribution in [2.45, 2.75) is 13.3 Å². The minimum absolute atomic E-state index is 0.222. The van der Waals surface area contributed by atoms with Gasteiger partial charge in [0, 0.05) is 29.4 Å². The number of halogens is 1. The highest BCUT2D eigenvalue weighted by molar-refractivity contribution is 6.30. The molecular formula is C19H17ClN2O4. The Kier molecular flexibility index (Phi) is 5.86. The number of pyridine rings is 1. The highest BCUT2D eigenvalue weighted by Crippen LogP contribution is 2.25. The fourth-order valence-electron chi connectivity index (χ4n) is 2.36. The van der Waals surface area contributed by atoms with Gasteiger partial charge in [0.25, 0.3) is 0 Å². The summed E-state index contributed by atoms with van der Waals surface area (Å²) in [7, 11) is 0. The molecule has 2 heterocycles. The van der Waals surface area contributed by atoms with Crippen LogP contribution in [0.4, 0.5) is 0 Å².